The first-order chi connectivity index (χ1) is 8.24. The van der Waals surface area contributed by atoms with Crippen molar-refractivity contribution in [3.05, 3.63) is 0 Å². The predicted octanol–water partition coefficient (Wildman–Crippen LogP) is -0.237. The summed E-state index contributed by atoms with van der Waals surface area (Å²) in [5.74, 6) is -2.31. The van der Waals surface area contributed by atoms with Crippen LogP contribution in [0, 0.1) is 0 Å². The first-order valence-corrected chi connectivity index (χ1v) is 7.07. The number of carbonyl (C=O) groups is 2. The monoisotopic (exact) mass is 281 g/mol. The Morgan fingerprint density at radius 1 is 1.22 bits per heavy atom. The highest BCUT2D eigenvalue weighted by Crippen LogP contribution is 2.08. The predicted molar refractivity (Wildman–Crippen MR) is 64.3 cm³/mol. The Balaban J connectivity index is 4.88. The normalized spacial score (nSPS) is 11.7. The largest absolute Gasteiger partial charge is 0.468 e. The van der Waals surface area contributed by atoms with Crippen LogP contribution in [-0.2, 0) is 29.1 Å². The zero-order valence-corrected chi connectivity index (χ0v) is 11.8. The molecule has 0 spiro atoms. The molecular formula is C10H19NO6S. The zero-order valence-electron chi connectivity index (χ0n) is 11.0. The van der Waals surface area contributed by atoms with Crippen LogP contribution in [0.4, 0.5) is 0 Å². The van der Waals surface area contributed by atoms with Gasteiger partial charge in [-0.2, -0.15) is 4.31 Å². The molecule has 0 saturated heterocycles. The Labute approximate surface area is 107 Å². The van der Waals surface area contributed by atoms with Crippen molar-refractivity contribution in [3.63, 3.8) is 0 Å². The number of hydrogen-bond acceptors (Lipinski definition) is 6. The van der Waals surface area contributed by atoms with Crippen molar-refractivity contribution in [2.75, 3.05) is 26.0 Å². The third-order valence-corrected chi connectivity index (χ3v) is 3.92. The van der Waals surface area contributed by atoms with E-state index in [2.05, 4.69) is 9.47 Å². The molecule has 0 rings (SSSR count). The van der Waals surface area contributed by atoms with Gasteiger partial charge < -0.3 is 9.47 Å². The van der Waals surface area contributed by atoms with Crippen LogP contribution in [0.1, 0.15) is 20.8 Å². The highest BCUT2D eigenvalue weighted by Gasteiger charge is 2.30. The summed E-state index contributed by atoms with van der Waals surface area (Å²) in [4.78, 5) is 22.3. The van der Waals surface area contributed by atoms with Gasteiger partial charge in [-0.1, -0.05) is 0 Å². The molecule has 0 aromatic rings. The minimum atomic E-state index is -3.89. The summed E-state index contributed by atoms with van der Waals surface area (Å²) < 4.78 is 33.7. The molecular weight excluding hydrogens is 262 g/mol. The van der Waals surface area contributed by atoms with Crippen molar-refractivity contribution < 1.29 is 27.5 Å². The van der Waals surface area contributed by atoms with Gasteiger partial charge in [0.15, 0.2) is 5.75 Å². The van der Waals surface area contributed by atoms with Gasteiger partial charge in [0.05, 0.1) is 13.7 Å². The summed E-state index contributed by atoms with van der Waals surface area (Å²) >= 11 is 0. The Kier molecular flexibility index (Phi) is 6.85. The number of ether oxygens (including phenoxy) is 2. The van der Waals surface area contributed by atoms with Crippen LogP contribution >= 0.6 is 0 Å². The third kappa shape index (κ3) is 5.46. The van der Waals surface area contributed by atoms with Gasteiger partial charge in [0, 0.05) is 6.04 Å². The van der Waals surface area contributed by atoms with Gasteiger partial charge in [-0.15, -0.1) is 0 Å². The highest BCUT2D eigenvalue weighted by atomic mass is 32.2. The number of sulfonamides is 1. The van der Waals surface area contributed by atoms with Crippen molar-refractivity contribution in [2.45, 2.75) is 26.8 Å². The first-order valence-electron chi connectivity index (χ1n) is 5.46. The number of nitrogens with zero attached hydrogens (tertiary/aromatic N) is 1. The lowest BCUT2D eigenvalue weighted by atomic mass is 10.4. The smallest absolute Gasteiger partial charge is 0.322 e. The number of rotatable bonds is 7. The van der Waals surface area contributed by atoms with Crippen LogP contribution in [0.15, 0.2) is 0 Å². The van der Waals surface area contributed by atoms with Gasteiger partial charge in [0.1, 0.15) is 6.54 Å². The molecule has 18 heavy (non-hydrogen) atoms. The molecule has 0 radical (unpaired) electrons. The number of carbonyl (C=O) groups excluding carboxylic acids is 2. The molecule has 0 aromatic carbocycles. The van der Waals surface area contributed by atoms with Crippen molar-refractivity contribution in [3.8, 4) is 0 Å². The van der Waals surface area contributed by atoms with Gasteiger partial charge in [-0.25, -0.2) is 8.42 Å². The van der Waals surface area contributed by atoms with E-state index >= 15 is 0 Å². The minimum Gasteiger partial charge on any atom is -0.468 e. The lowest BCUT2D eigenvalue weighted by Crippen LogP contribution is -2.43. The number of methoxy groups -OCH3 is 1. The average molecular weight is 281 g/mol. The summed E-state index contributed by atoms with van der Waals surface area (Å²) in [6.07, 6.45) is 0. The average Bonchev–Trinajstić information content (AvgIpc) is 2.24. The molecule has 0 bridgehead atoms. The van der Waals surface area contributed by atoms with Crippen LogP contribution in [0.2, 0.25) is 0 Å². The third-order valence-electron chi connectivity index (χ3n) is 2.05. The molecule has 0 N–H and O–H groups in total. The van der Waals surface area contributed by atoms with Crippen LogP contribution < -0.4 is 0 Å². The fraction of sp³-hybridized carbons (Fsp3) is 0.800. The molecule has 0 amide bonds. The van der Waals surface area contributed by atoms with Gasteiger partial charge in [-0.05, 0) is 20.8 Å². The van der Waals surface area contributed by atoms with Gasteiger partial charge in [0.25, 0.3) is 0 Å². The van der Waals surface area contributed by atoms with Crippen LogP contribution in [-0.4, -0.2) is 56.7 Å². The molecule has 0 aromatic heterocycles. The van der Waals surface area contributed by atoms with E-state index in [9.17, 15) is 18.0 Å². The minimum absolute atomic E-state index is 0.168. The Morgan fingerprint density at radius 3 is 2.17 bits per heavy atom. The van der Waals surface area contributed by atoms with E-state index in [1.807, 2.05) is 0 Å². The lowest BCUT2D eigenvalue weighted by molar-refractivity contribution is -0.144. The van der Waals surface area contributed by atoms with E-state index in [-0.39, 0.29) is 6.61 Å². The van der Waals surface area contributed by atoms with Crippen LogP contribution in [0.3, 0.4) is 0 Å². The maximum atomic E-state index is 11.9. The van der Waals surface area contributed by atoms with Crippen molar-refractivity contribution in [1.82, 2.24) is 4.31 Å². The molecule has 0 aliphatic heterocycles. The van der Waals surface area contributed by atoms with Gasteiger partial charge in [0.2, 0.25) is 10.0 Å². The fourth-order valence-electron chi connectivity index (χ4n) is 1.23. The quantitative estimate of drug-likeness (QED) is 0.598. The molecule has 0 heterocycles. The second kappa shape index (κ2) is 7.32. The van der Waals surface area contributed by atoms with E-state index in [0.717, 1.165) is 11.4 Å². The van der Waals surface area contributed by atoms with Crippen molar-refractivity contribution in [1.29, 1.82) is 0 Å². The number of hydrogen-bond donors (Lipinski definition) is 0. The van der Waals surface area contributed by atoms with Crippen LogP contribution in [0.5, 0.6) is 0 Å². The molecule has 7 nitrogen and oxygen atoms in total. The van der Waals surface area contributed by atoms with Gasteiger partial charge in [-0.3, -0.25) is 9.59 Å². The van der Waals surface area contributed by atoms with E-state index in [0.29, 0.717) is 0 Å². The van der Waals surface area contributed by atoms with Gasteiger partial charge >= 0.3 is 11.9 Å². The van der Waals surface area contributed by atoms with Crippen molar-refractivity contribution in [2.24, 2.45) is 0 Å². The SMILES string of the molecule is CCOC(=O)CN(C(C)C)S(=O)(=O)CC(=O)OC. The summed E-state index contributed by atoms with van der Waals surface area (Å²) in [7, 11) is -2.79. The molecule has 0 unspecified atom stereocenters. The van der Waals surface area contributed by atoms with Crippen LogP contribution in [0.25, 0.3) is 0 Å². The molecule has 0 aliphatic carbocycles. The Morgan fingerprint density at radius 2 is 1.78 bits per heavy atom. The lowest BCUT2D eigenvalue weighted by Gasteiger charge is -2.24. The van der Waals surface area contributed by atoms with E-state index in [1.54, 1.807) is 20.8 Å². The number of esters is 2. The Hall–Kier alpha value is -1.15. The molecule has 0 aliphatic rings. The molecule has 0 saturated carbocycles. The summed E-state index contributed by atoms with van der Waals surface area (Å²) in [6.45, 7) is 4.59. The second-order valence-electron chi connectivity index (χ2n) is 3.78. The van der Waals surface area contributed by atoms with E-state index in [1.165, 1.54) is 0 Å². The Bertz CT molecular complexity index is 389. The highest BCUT2D eigenvalue weighted by molar-refractivity contribution is 7.89. The summed E-state index contributed by atoms with van der Waals surface area (Å²) in [5, 5.41) is 0. The molecule has 0 fully saturated rings. The fourth-order valence-corrected chi connectivity index (χ4v) is 2.75. The maximum absolute atomic E-state index is 11.9. The first kappa shape index (κ1) is 16.9. The topological polar surface area (TPSA) is 90.0 Å². The van der Waals surface area contributed by atoms with E-state index in [4.69, 9.17) is 0 Å². The molecule has 0 atom stereocenters. The summed E-state index contributed by atoms with van der Waals surface area (Å²) in [5.41, 5.74) is 0. The van der Waals surface area contributed by atoms with Crippen molar-refractivity contribution >= 4 is 22.0 Å². The standard InChI is InChI=1S/C10H19NO6S/c1-5-17-9(12)6-11(8(2)3)18(14,15)7-10(13)16-4/h8H,5-7H2,1-4H3. The second-order valence-corrected chi connectivity index (χ2v) is 5.70. The molecule has 106 valence electrons. The zero-order chi connectivity index (χ0) is 14.3. The molecule has 8 heteroatoms. The summed E-state index contributed by atoms with van der Waals surface area (Å²) in [6, 6.07) is -0.455. The van der Waals surface area contributed by atoms with E-state index < -0.39 is 40.3 Å². The maximum Gasteiger partial charge on any atom is 0.322 e.